The first-order valence-corrected chi connectivity index (χ1v) is 8.22. The maximum absolute atomic E-state index is 12.0. The van der Waals surface area contributed by atoms with Crippen molar-refractivity contribution in [3.63, 3.8) is 0 Å². The minimum Gasteiger partial charge on any atom is -0.480 e. The monoisotopic (exact) mass is 297 g/mol. The van der Waals surface area contributed by atoms with Gasteiger partial charge in [-0.2, -0.15) is 0 Å². The standard InChI is InChI=1S/C17H31NO3/c1-3-5-7-9-10-12-14-18(15-17(20)21)16(19)13-11-8-6-4-2/h4,6H,3,5,7-15H2,1-2H3,(H,20,21)/b6-4+. The Balaban J connectivity index is 4.00. The number of carbonyl (C=O) groups is 2. The number of carboxylic acids is 1. The van der Waals surface area contributed by atoms with Gasteiger partial charge in [-0.15, -0.1) is 0 Å². The van der Waals surface area contributed by atoms with Gasteiger partial charge in [0.25, 0.3) is 0 Å². The predicted molar refractivity (Wildman–Crippen MR) is 86.3 cm³/mol. The Kier molecular flexibility index (Phi) is 12.8. The van der Waals surface area contributed by atoms with Gasteiger partial charge in [0.05, 0.1) is 0 Å². The third-order valence-electron chi connectivity index (χ3n) is 3.46. The molecule has 0 aliphatic rings. The van der Waals surface area contributed by atoms with Crippen LogP contribution in [0, 0.1) is 0 Å². The average Bonchev–Trinajstić information content (AvgIpc) is 2.45. The van der Waals surface area contributed by atoms with Crippen LogP contribution in [0.25, 0.3) is 0 Å². The molecule has 0 heterocycles. The number of amides is 1. The zero-order valence-electron chi connectivity index (χ0n) is 13.6. The molecule has 0 aromatic rings. The Hall–Kier alpha value is -1.32. The number of carboxylic acid groups (broad SMARTS) is 1. The van der Waals surface area contributed by atoms with Crippen LogP contribution in [-0.2, 0) is 9.59 Å². The molecular formula is C17H31NO3. The second-order valence-electron chi connectivity index (χ2n) is 5.44. The Morgan fingerprint density at radius 1 is 1.05 bits per heavy atom. The summed E-state index contributed by atoms with van der Waals surface area (Å²) in [6.45, 7) is 4.54. The summed E-state index contributed by atoms with van der Waals surface area (Å²) in [4.78, 5) is 24.4. The van der Waals surface area contributed by atoms with E-state index in [2.05, 4.69) is 6.92 Å². The van der Waals surface area contributed by atoms with Crippen molar-refractivity contribution >= 4 is 11.9 Å². The molecule has 0 aliphatic heterocycles. The number of carbonyl (C=O) groups excluding carboxylic acids is 1. The van der Waals surface area contributed by atoms with Crippen LogP contribution in [0.15, 0.2) is 12.2 Å². The quantitative estimate of drug-likeness (QED) is 0.413. The molecule has 0 aliphatic carbocycles. The molecule has 0 aromatic carbocycles. The van der Waals surface area contributed by atoms with E-state index in [9.17, 15) is 9.59 Å². The molecule has 0 rings (SSSR count). The first-order chi connectivity index (χ1) is 10.1. The molecule has 0 bridgehead atoms. The van der Waals surface area contributed by atoms with Gasteiger partial charge < -0.3 is 10.0 Å². The molecule has 0 fully saturated rings. The summed E-state index contributed by atoms with van der Waals surface area (Å²) >= 11 is 0. The molecular weight excluding hydrogens is 266 g/mol. The molecule has 0 saturated carbocycles. The molecule has 1 N–H and O–H groups in total. The van der Waals surface area contributed by atoms with Crippen molar-refractivity contribution in [3.05, 3.63) is 12.2 Å². The van der Waals surface area contributed by atoms with Gasteiger partial charge in [-0.05, 0) is 26.2 Å². The van der Waals surface area contributed by atoms with Crippen molar-refractivity contribution in [2.45, 2.75) is 71.6 Å². The van der Waals surface area contributed by atoms with E-state index in [-0.39, 0.29) is 12.5 Å². The highest BCUT2D eigenvalue weighted by Crippen LogP contribution is 2.08. The van der Waals surface area contributed by atoms with Gasteiger partial charge >= 0.3 is 5.97 Å². The first-order valence-electron chi connectivity index (χ1n) is 8.22. The van der Waals surface area contributed by atoms with Crippen LogP contribution in [0.5, 0.6) is 0 Å². The Morgan fingerprint density at radius 2 is 1.71 bits per heavy atom. The lowest BCUT2D eigenvalue weighted by atomic mass is 10.1. The summed E-state index contributed by atoms with van der Waals surface area (Å²) in [6, 6.07) is 0. The summed E-state index contributed by atoms with van der Waals surface area (Å²) in [7, 11) is 0. The molecule has 0 aromatic heterocycles. The maximum atomic E-state index is 12.0. The van der Waals surface area contributed by atoms with Crippen molar-refractivity contribution < 1.29 is 14.7 Å². The van der Waals surface area contributed by atoms with Crippen molar-refractivity contribution in [1.29, 1.82) is 0 Å². The highest BCUT2D eigenvalue weighted by molar-refractivity contribution is 5.81. The van der Waals surface area contributed by atoms with E-state index in [1.807, 2.05) is 19.1 Å². The smallest absolute Gasteiger partial charge is 0.323 e. The molecule has 4 nitrogen and oxygen atoms in total. The molecule has 21 heavy (non-hydrogen) atoms. The van der Waals surface area contributed by atoms with Crippen LogP contribution >= 0.6 is 0 Å². The van der Waals surface area contributed by atoms with Gasteiger partial charge in [0.2, 0.25) is 5.91 Å². The van der Waals surface area contributed by atoms with E-state index in [1.54, 1.807) is 0 Å². The normalized spacial score (nSPS) is 11.0. The third kappa shape index (κ3) is 12.2. The fraction of sp³-hybridized carbons (Fsp3) is 0.765. The topological polar surface area (TPSA) is 57.6 Å². The van der Waals surface area contributed by atoms with Crippen molar-refractivity contribution in [1.82, 2.24) is 4.90 Å². The highest BCUT2D eigenvalue weighted by atomic mass is 16.4. The number of aliphatic carboxylic acids is 1. The zero-order valence-corrected chi connectivity index (χ0v) is 13.6. The molecule has 0 radical (unpaired) electrons. The average molecular weight is 297 g/mol. The van der Waals surface area contributed by atoms with E-state index >= 15 is 0 Å². The number of rotatable bonds is 13. The van der Waals surface area contributed by atoms with Crippen LogP contribution in [-0.4, -0.2) is 35.0 Å². The molecule has 0 unspecified atom stereocenters. The Morgan fingerprint density at radius 3 is 2.33 bits per heavy atom. The van der Waals surface area contributed by atoms with Gasteiger partial charge in [0, 0.05) is 13.0 Å². The summed E-state index contributed by atoms with van der Waals surface area (Å²) in [5.74, 6) is -0.960. The number of hydrogen-bond donors (Lipinski definition) is 1. The second kappa shape index (κ2) is 13.7. The van der Waals surface area contributed by atoms with Crippen molar-refractivity contribution in [2.24, 2.45) is 0 Å². The Bertz CT molecular complexity index is 313. The van der Waals surface area contributed by atoms with Gasteiger partial charge in [-0.3, -0.25) is 9.59 Å². The fourth-order valence-corrected chi connectivity index (χ4v) is 2.23. The van der Waals surface area contributed by atoms with Gasteiger partial charge in [-0.25, -0.2) is 0 Å². The van der Waals surface area contributed by atoms with Crippen LogP contribution < -0.4 is 0 Å². The zero-order chi connectivity index (χ0) is 15.9. The summed E-state index contributed by atoms with van der Waals surface area (Å²) in [5.41, 5.74) is 0. The van der Waals surface area contributed by atoms with Crippen LogP contribution in [0.2, 0.25) is 0 Å². The largest absolute Gasteiger partial charge is 0.480 e. The molecule has 122 valence electrons. The number of unbranched alkanes of at least 4 members (excludes halogenated alkanes) is 6. The summed E-state index contributed by atoms with van der Waals surface area (Å²) in [5, 5.41) is 8.91. The van der Waals surface area contributed by atoms with Crippen LogP contribution in [0.1, 0.15) is 71.6 Å². The lowest BCUT2D eigenvalue weighted by Gasteiger charge is -2.20. The van der Waals surface area contributed by atoms with Gasteiger partial charge in [0.1, 0.15) is 6.54 Å². The number of hydrogen-bond acceptors (Lipinski definition) is 2. The number of nitrogens with zero attached hydrogens (tertiary/aromatic N) is 1. The van der Waals surface area contributed by atoms with E-state index in [0.717, 1.165) is 25.7 Å². The van der Waals surface area contributed by atoms with Crippen LogP contribution in [0.4, 0.5) is 0 Å². The van der Waals surface area contributed by atoms with Crippen molar-refractivity contribution in [3.8, 4) is 0 Å². The molecule has 0 spiro atoms. The first kappa shape index (κ1) is 19.7. The minimum atomic E-state index is -0.928. The third-order valence-corrected chi connectivity index (χ3v) is 3.46. The second-order valence-corrected chi connectivity index (χ2v) is 5.44. The van der Waals surface area contributed by atoms with Gasteiger partial charge in [-0.1, -0.05) is 51.2 Å². The molecule has 0 atom stereocenters. The highest BCUT2D eigenvalue weighted by Gasteiger charge is 2.15. The fourth-order valence-electron chi connectivity index (χ4n) is 2.23. The summed E-state index contributed by atoms with van der Waals surface area (Å²) in [6.07, 6.45) is 12.9. The minimum absolute atomic E-state index is 0.0320. The van der Waals surface area contributed by atoms with E-state index in [0.29, 0.717) is 13.0 Å². The molecule has 0 saturated heterocycles. The van der Waals surface area contributed by atoms with Crippen LogP contribution in [0.3, 0.4) is 0 Å². The SMILES string of the molecule is C/C=C/CCCC(=O)N(CCCCCCCC)CC(=O)O. The van der Waals surface area contributed by atoms with E-state index in [1.165, 1.54) is 30.6 Å². The predicted octanol–water partition coefficient (Wildman–Crippen LogP) is 4.01. The molecule has 1 amide bonds. The van der Waals surface area contributed by atoms with Crippen molar-refractivity contribution in [2.75, 3.05) is 13.1 Å². The number of allylic oxidation sites excluding steroid dienone is 2. The molecule has 4 heteroatoms. The summed E-state index contributed by atoms with van der Waals surface area (Å²) < 4.78 is 0. The lowest BCUT2D eigenvalue weighted by molar-refractivity contribution is -0.144. The van der Waals surface area contributed by atoms with Gasteiger partial charge in [0.15, 0.2) is 0 Å². The van der Waals surface area contributed by atoms with E-state index in [4.69, 9.17) is 5.11 Å². The van der Waals surface area contributed by atoms with E-state index < -0.39 is 5.97 Å². The maximum Gasteiger partial charge on any atom is 0.323 e. The Labute approximate surface area is 129 Å². The lowest BCUT2D eigenvalue weighted by Crippen LogP contribution is -2.36.